The van der Waals surface area contributed by atoms with Gasteiger partial charge < -0.3 is 10.2 Å². The highest BCUT2D eigenvalue weighted by Gasteiger charge is 2.19. The minimum Gasteiger partial charge on any atom is -0.481 e. The summed E-state index contributed by atoms with van der Waals surface area (Å²) in [6.45, 7) is 0.111. The summed E-state index contributed by atoms with van der Waals surface area (Å²) in [7, 11) is 0. The summed E-state index contributed by atoms with van der Waals surface area (Å²) in [6.07, 6.45) is 0.959. The van der Waals surface area contributed by atoms with E-state index < -0.39 is 11.9 Å². The highest BCUT2D eigenvalue weighted by Crippen LogP contribution is 2.11. The molecule has 7 nitrogen and oxygen atoms in total. The first kappa shape index (κ1) is 14.7. The van der Waals surface area contributed by atoms with Crippen LogP contribution in [0.3, 0.4) is 0 Å². The van der Waals surface area contributed by atoms with Gasteiger partial charge in [-0.1, -0.05) is 35.5 Å². The molecule has 0 saturated heterocycles. The molecule has 2 N–H and O–H groups in total. The Balaban J connectivity index is 2.16. The molecule has 0 aliphatic carbocycles. The zero-order chi connectivity index (χ0) is 15.2. The quantitative estimate of drug-likeness (QED) is 0.794. The van der Waals surface area contributed by atoms with Gasteiger partial charge in [0.1, 0.15) is 0 Å². The van der Waals surface area contributed by atoms with Crippen molar-refractivity contribution in [2.24, 2.45) is 0 Å². The van der Waals surface area contributed by atoms with E-state index in [1.165, 1.54) is 4.68 Å². The molecule has 7 heteroatoms. The molecule has 1 aromatic heterocycles. The van der Waals surface area contributed by atoms with Gasteiger partial charge in [-0.3, -0.25) is 4.79 Å². The Labute approximate surface area is 120 Å². The Kier molecular flexibility index (Phi) is 4.65. The summed E-state index contributed by atoms with van der Waals surface area (Å²) in [4.78, 5) is 21.8. The molecule has 110 valence electrons. The summed E-state index contributed by atoms with van der Waals surface area (Å²) in [6, 6.07) is 9.63. The fourth-order valence-electron chi connectivity index (χ4n) is 2.03. The molecule has 1 heterocycles. The average Bonchev–Trinajstić information content (AvgIpc) is 2.87. The van der Waals surface area contributed by atoms with Gasteiger partial charge in [-0.15, -0.1) is 5.10 Å². The number of nitrogens with zero attached hydrogens (tertiary/aromatic N) is 3. The fraction of sp³-hybridized carbons (Fsp3) is 0.286. The first-order chi connectivity index (χ1) is 10.1. The molecule has 0 unspecified atom stereocenters. The van der Waals surface area contributed by atoms with Crippen LogP contribution in [0.15, 0.2) is 30.3 Å². The molecule has 0 spiro atoms. The maximum Gasteiger partial charge on any atom is 0.358 e. The van der Waals surface area contributed by atoms with Crippen molar-refractivity contribution in [2.75, 3.05) is 0 Å². The minimum absolute atomic E-state index is 0.111. The number of aliphatic carboxylic acids is 1. The molecule has 2 aromatic rings. The zero-order valence-electron chi connectivity index (χ0n) is 11.3. The largest absolute Gasteiger partial charge is 0.481 e. The molecule has 0 saturated carbocycles. The number of carboxylic acids is 2. The summed E-state index contributed by atoms with van der Waals surface area (Å²) in [5, 5.41) is 25.2. The normalized spacial score (nSPS) is 10.5. The lowest BCUT2D eigenvalue weighted by atomic mass is 10.1. The van der Waals surface area contributed by atoms with Crippen LogP contribution in [0.5, 0.6) is 0 Å². The van der Waals surface area contributed by atoms with E-state index in [0.29, 0.717) is 18.5 Å². The molecule has 0 radical (unpaired) electrons. The summed E-state index contributed by atoms with van der Waals surface area (Å²) < 4.78 is 1.36. The van der Waals surface area contributed by atoms with E-state index in [9.17, 15) is 9.59 Å². The molecule has 0 fully saturated rings. The number of hydrogen-bond donors (Lipinski definition) is 2. The Morgan fingerprint density at radius 2 is 1.81 bits per heavy atom. The molecule has 21 heavy (non-hydrogen) atoms. The van der Waals surface area contributed by atoms with Crippen molar-refractivity contribution in [3.63, 3.8) is 0 Å². The van der Waals surface area contributed by atoms with Gasteiger partial charge in [0.2, 0.25) is 0 Å². The van der Waals surface area contributed by atoms with Gasteiger partial charge in [0.15, 0.2) is 5.69 Å². The second-order valence-electron chi connectivity index (χ2n) is 4.54. The monoisotopic (exact) mass is 289 g/mol. The molecular weight excluding hydrogens is 274 g/mol. The predicted molar refractivity (Wildman–Crippen MR) is 73.1 cm³/mol. The third-order valence-electron chi connectivity index (χ3n) is 3.07. The third kappa shape index (κ3) is 3.88. The van der Waals surface area contributed by atoms with Crippen LogP contribution in [0.1, 0.15) is 28.2 Å². The highest BCUT2D eigenvalue weighted by molar-refractivity contribution is 5.86. The molecule has 0 atom stereocenters. The van der Waals surface area contributed by atoms with Crippen molar-refractivity contribution in [1.29, 1.82) is 0 Å². The average molecular weight is 289 g/mol. The lowest BCUT2D eigenvalue weighted by Crippen LogP contribution is -2.12. The van der Waals surface area contributed by atoms with Gasteiger partial charge in [0, 0.05) is 0 Å². The third-order valence-corrected chi connectivity index (χ3v) is 3.07. The second-order valence-corrected chi connectivity index (χ2v) is 4.54. The number of aromatic nitrogens is 3. The number of hydrogen-bond acceptors (Lipinski definition) is 4. The van der Waals surface area contributed by atoms with Crippen LogP contribution in [0, 0.1) is 0 Å². The topological polar surface area (TPSA) is 105 Å². The number of aromatic carboxylic acids is 1. The SMILES string of the molecule is O=C(O)CCn1nnc(C(=O)O)c1CCc1ccccc1. The minimum atomic E-state index is -1.15. The van der Waals surface area contributed by atoms with E-state index in [2.05, 4.69) is 10.3 Å². The molecule has 0 bridgehead atoms. The summed E-state index contributed by atoms with van der Waals surface area (Å²) in [5.74, 6) is -2.11. The van der Waals surface area contributed by atoms with Crippen molar-refractivity contribution in [3.05, 3.63) is 47.3 Å². The van der Waals surface area contributed by atoms with E-state index >= 15 is 0 Å². The second kappa shape index (κ2) is 6.65. The molecule has 0 aliphatic heterocycles. The first-order valence-corrected chi connectivity index (χ1v) is 6.49. The van der Waals surface area contributed by atoms with Crippen LogP contribution in [0.2, 0.25) is 0 Å². The smallest absolute Gasteiger partial charge is 0.358 e. The van der Waals surface area contributed by atoms with Crippen molar-refractivity contribution >= 4 is 11.9 Å². The van der Waals surface area contributed by atoms with Crippen molar-refractivity contribution in [1.82, 2.24) is 15.0 Å². The maximum atomic E-state index is 11.2. The van der Waals surface area contributed by atoms with Crippen LogP contribution in [0.25, 0.3) is 0 Å². The van der Waals surface area contributed by atoms with Crippen molar-refractivity contribution < 1.29 is 19.8 Å². The maximum absolute atomic E-state index is 11.2. The van der Waals surface area contributed by atoms with Crippen LogP contribution < -0.4 is 0 Å². The van der Waals surface area contributed by atoms with Crippen LogP contribution >= 0.6 is 0 Å². The van der Waals surface area contributed by atoms with Gasteiger partial charge in [-0.25, -0.2) is 9.48 Å². The standard InChI is InChI=1S/C14H15N3O4/c18-12(19)8-9-17-11(13(14(20)21)15-16-17)7-6-10-4-2-1-3-5-10/h1-5H,6-9H2,(H,18,19)(H,20,21). The Morgan fingerprint density at radius 3 is 2.43 bits per heavy atom. The summed E-state index contributed by atoms with van der Waals surface area (Å²) >= 11 is 0. The molecule has 2 rings (SSSR count). The van der Waals surface area contributed by atoms with E-state index in [0.717, 1.165) is 5.56 Å². The van der Waals surface area contributed by atoms with E-state index in [-0.39, 0.29) is 18.7 Å². The predicted octanol–water partition coefficient (Wildman–Crippen LogP) is 1.24. The van der Waals surface area contributed by atoms with Gasteiger partial charge in [0.05, 0.1) is 18.7 Å². The molecule has 0 aliphatic rings. The lowest BCUT2D eigenvalue weighted by Gasteiger charge is -2.06. The van der Waals surface area contributed by atoms with Gasteiger partial charge in [-0.05, 0) is 18.4 Å². The number of benzene rings is 1. The molecular formula is C14H15N3O4. The number of carbonyl (C=O) groups is 2. The van der Waals surface area contributed by atoms with Crippen LogP contribution in [-0.2, 0) is 24.2 Å². The Morgan fingerprint density at radius 1 is 1.10 bits per heavy atom. The Bertz CT molecular complexity index is 637. The number of rotatable bonds is 7. The summed E-state index contributed by atoms with van der Waals surface area (Å²) in [5.41, 5.74) is 1.41. The zero-order valence-corrected chi connectivity index (χ0v) is 11.3. The van der Waals surface area contributed by atoms with Gasteiger partial charge >= 0.3 is 11.9 Å². The lowest BCUT2D eigenvalue weighted by molar-refractivity contribution is -0.137. The highest BCUT2D eigenvalue weighted by atomic mass is 16.4. The molecule has 1 aromatic carbocycles. The number of carboxylic acid groups (broad SMARTS) is 2. The van der Waals surface area contributed by atoms with Crippen molar-refractivity contribution in [3.8, 4) is 0 Å². The van der Waals surface area contributed by atoms with E-state index in [4.69, 9.17) is 10.2 Å². The van der Waals surface area contributed by atoms with Crippen LogP contribution in [0.4, 0.5) is 0 Å². The van der Waals surface area contributed by atoms with Gasteiger partial charge in [-0.2, -0.15) is 0 Å². The van der Waals surface area contributed by atoms with Gasteiger partial charge in [0.25, 0.3) is 0 Å². The van der Waals surface area contributed by atoms with Crippen LogP contribution in [-0.4, -0.2) is 37.1 Å². The fourth-order valence-corrected chi connectivity index (χ4v) is 2.03. The Hall–Kier alpha value is -2.70. The molecule has 0 amide bonds. The van der Waals surface area contributed by atoms with E-state index in [1.54, 1.807) is 0 Å². The van der Waals surface area contributed by atoms with E-state index in [1.807, 2.05) is 30.3 Å². The van der Waals surface area contributed by atoms with Crippen molar-refractivity contribution in [2.45, 2.75) is 25.8 Å². The first-order valence-electron chi connectivity index (χ1n) is 6.49. The number of aryl methyl sites for hydroxylation is 2.